The maximum absolute atomic E-state index is 11.0. The van der Waals surface area contributed by atoms with Crippen LogP contribution in [0.2, 0.25) is 5.02 Å². The van der Waals surface area contributed by atoms with Gasteiger partial charge in [0.1, 0.15) is 5.75 Å². The number of hydrogen-bond donors (Lipinski definition) is 3. The van der Waals surface area contributed by atoms with Crippen LogP contribution in [0.25, 0.3) is 0 Å². The van der Waals surface area contributed by atoms with E-state index in [-0.39, 0.29) is 22.9 Å². The van der Waals surface area contributed by atoms with Gasteiger partial charge in [-0.05, 0) is 18.2 Å². The number of carboxylic acid groups (broad SMARTS) is 1. The molecule has 98 valence electrons. The number of benzene rings is 2. The number of phenols is 1. The van der Waals surface area contributed by atoms with Gasteiger partial charge < -0.3 is 15.5 Å². The summed E-state index contributed by atoms with van der Waals surface area (Å²) in [5.74, 6) is -0.997. The number of anilines is 1. The molecule has 0 fully saturated rings. The molecule has 0 atom stereocenters. The highest BCUT2D eigenvalue weighted by atomic mass is 35.5. The lowest BCUT2D eigenvalue weighted by Gasteiger charge is -2.11. The van der Waals surface area contributed by atoms with E-state index in [2.05, 4.69) is 5.32 Å². The molecule has 0 unspecified atom stereocenters. The van der Waals surface area contributed by atoms with Gasteiger partial charge in [0, 0.05) is 17.8 Å². The minimum atomic E-state index is -1.00. The highest BCUT2D eigenvalue weighted by Crippen LogP contribution is 2.27. The predicted octanol–water partition coefficient (Wildman–Crippen LogP) is 3.36. The fourth-order valence-electron chi connectivity index (χ4n) is 1.72. The molecule has 19 heavy (non-hydrogen) atoms. The molecule has 2 rings (SSSR count). The molecule has 0 spiro atoms. The lowest BCUT2D eigenvalue weighted by atomic mass is 10.1. The van der Waals surface area contributed by atoms with Gasteiger partial charge in [-0.2, -0.15) is 0 Å². The number of halogens is 1. The summed E-state index contributed by atoms with van der Waals surface area (Å²) in [6.07, 6.45) is 0. The Morgan fingerprint density at radius 1 is 1.16 bits per heavy atom. The van der Waals surface area contributed by atoms with Crippen molar-refractivity contribution in [2.75, 3.05) is 5.32 Å². The van der Waals surface area contributed by atoms with Gasteiger partial charge >= 0.3 is 5.97 Å². The third-order valence-corrected chi connectivity index (χ3v) is 3.00. The van der Waals surface area contributed by atoms with Gasteiger partial charge in [-0.1, -0.05) is 35.9 Å². The molecule has 2 aromatic rings. The van der Waals surface area contributed by atoms with E-state index in [4.69, 9.17) is 16.7 Å². The molecule has 0 radical (unpaired) electrons. The molecule has 0 heterocycles. The first-order valence-electron chi connectivity index (χ1n) is 5.62. The predicted molar refractivity (Wildman–Crippen MR) is 73.8 cm³/mol. The summed E-state index contributed by atoms with van der Waals surface area (Å²) in [6, 6.07) is 11.6. The number of carboxylic acids is 1. The molecular weight excluding hydrogens is 266 g/mol. The van der Waals surface area contributed by atoms with E-state index in [1.165, 1.54) is 6.07 Å². The number of rotatable bonds is 4. The van der Waals surface area contributed by atoms with E-state index in [0.29, 0.717) is 11.3 Å². The minimum absolute atomic E-state index is 0.00414. The number of aromatic hydroxyl groups is 1. The van der Waals surface area contributed by atoms with Crippen LogP contribution in [0.15, 0.2) is 42.5 Å². The summed E-state index contributed by atoms with van der Waals surface area (Å²) >= 11 is 5.81. The molecule has 0 saturated heterocycles. The normalized spacial score (nSPS) is 10.2. The SMILES string of the molecule is O=C(O)c1ccccc1NCc1cccc(Cl)c1O. The second-order valence-corrected chi connectivity index (χ2v) is 4.36. The zero-order chi connectivity index (χ0) is 13.8. The second kappa shape index (κ2) is 5.63. The quantitative estimate of drug-likeness (QED) is 0.801. The maximum atomic E-state index is 11.0. The molecule has 4 nitrogen and oxygen atoms in total. The van der Waals surface area contributed by atoms with E-state index in [1.807, 2.05) is 0 Å². The van der Waals surface area contributed by atoms with Gasteiger partial charge in [0.05, 0.1) is 10.6 Å². The summed E-state index contributed by atoms with van der Waals surface area (Å²) < 4.78 is 0. The maximum Gasteiger partial charge on any atom is 0.337 e. The molecule has 0 aliphatic rings. The molecule has 2 aromatic carbocycles. The van der Waals surface area contributed by atoms with E-state index in [1.54, 1.807) is 36.4 Å². The number of carbonyl (C=O) groups is 1. The Hall–Kier alpha value is -2.20. The summed E-state index contributed by atoms with van der Waals surface area (Å²) in [5, 5.41) is 22.1. The van der Waals surface area contributed by atoms with Crippen molar-refractivity contribution in [3.05, 3.63) is 58.6 Å². The first kappa shape index (κ1) is 13.2. The molecule has 0 aliphatic carbocycles. The average molecular weight is 278 g/mol. The van der Waals surface area contributed by atoms with Gasteiger partial charge in [0.2, 0.25) is 0 Å². The molecular formula is C14H12ClNO3. The van der Waals surface area contributed by atoms with Crippen LogP contribution in [-0.4, -0.2) is 16.2 Å². The lowest BCUT2D eigenvalue weighted by Crippen LogP contribution is -2.06. The highest BCUT2D eigenvalue weighted by Gasteiger charge is 2.10. The van der Waals surface area contributed by atoms with E-state index in [9.17, 15) is 9.90 Å². The van der Waals surface area contributed by atoms with Gasteiger partial charge in [-0.15, -0.1) is 0 Å². The zero-order valence-electron chi connectivity index (χ0n) is 9.93. The van der Waals surface area contributed by atoms with Crippen molar-refractivity contribution >= 4 is 23.3 Å². The molecule has 0 aliphatic heterocycles. The number of nitrogens with one attached hydrogen (secondary N) is 1. The van der Waals surface area contributed by atoms with E-state index < -0.39 is 5.97 Å². The Morgan fingerprint density at radius 3 is 2.63 bits per heavy atom. The summed E-state index contributed by atoms with van der Waals surface area (Å²) in [5.41, 5.74) is 1.28. The summed E-state index contributed by atoms with van der Waals surface area (Å²) in [7, 11) is 0. The van der Waals surface area contributed by atoms with Gasteiger partial charge in [-0.25, -0.2) is 4.79 Å². The average Bonchev–Trinajstić information content (AvgIpc) is 2.40. The Labute approximate surface area is 115 Å². The van der Waals surface area contributed by atoms with Gasteiger partial charge in [0.25, 0.3) is 0 Å². The van der Waals surface area contributed by atoms with Crippen LogP contribution in [0.3, 0.4) is 0 Å². The molecule has 3 N–H and O–H groups in total. The van der Waals surface area contributed by atoms with E-state index in [0.717, 1.165) is 0 Å². The van der Waals surface area contributed by atoms with Crippen LogP contribution in [0, 0.1) is 0 Å². The standard InChI is InChI=1S/C14H12ClNO3/c15-11-6-3-4-9(13(11)17)8-16-12-7-2-1-5-10(12)14(18)19/h1-7,16-17H,8H2,(H,18,19). The lowest BCUT2D eigenvalue weighted by molar-refractivity contribution is 0.0698. The number of aromatic carboxylic acids is 1. The number of phenolic OH excluding ortho intramolecular Hbond substituents is 1. The molecule has 0 amide bonds. The Bertz CT molecular complexity index is 613. The van der Waals surface area contributed by atoms with Crippen molar-refractivity contribution < 1.29 is 15.0 Å². The van der Waals surface area contributed by atoms with Crippen molar-refractivity contribution in [3.63, 3.8) is 0 Å². The molecule has 0 bridgehead atoms. The Kier molecular flexibility index (Phi) is 3.92. The fraction of sp³-hybridized carbons (Fsp3) is 0.0714. The van der Waals surface area contributed by atoms with Crippen LogP contribution >= 0.6 is 11.6 Å². The molecule has 0 saturated carbocycles. The number of para-hydroxylation sites is 2. The summed E-state index contributed by atoms with van der Waals surface area (Å²) in [4.78, 5) is 11.0. The first-order valence-corrected chi connectivity index (χ1v) is 6.00. The Balaban J connectivity index is 2.19. The van der Waals surface area contributed by atoms with E-state index >= 15 is 0 Å². The van der Waals surface area contributed by atoms with Crippen LogP contribution in [0.4, 0.5) is 5.69 Å². The zero-order valence-corrected chi connectivity index (χ0v) is 10.7. The highest BCUT2D eigenvalue weighted by molar-refractivity contribution is 6.32. The van der Waals surface area contributed by atoms with Crippen molar-refractivity contribution in [2.24, 2.45) is 0 Å². The largest absolute Gasteiger partial charge is 0.506 e. The minimum Gasteiger partial charge on any atom is -0.506 e. The summed E-state index contributed by atoms with van der Waals surface area (Å²) in [6.45, 7) is 0.288. The van der Waals surface area contributed by atoms with Crippen LogP contribution < -0.4 is 5.32 Å². The van der Waals surface area contributed by atoms with Crippen molar-refractivity contribution in [2.45, 2.75) is 6.54 Å². The molecule has 5 heteroatoms. The van der Waals surface area contributed by atoms with Crippen LogP contribution in [0.5, 0.6) is 5.75 Å². The molecule has 0 aromatic heterocycles. The van der Waals surface area contributed by atoms with Crippen molar-refractivity contribution in [1.29, 1.82) is 0 Å². The topological polar surface area (TPSA) is 69.6 Å². The van der Waals surface area contributed by atoms with Crippen molar-refractivity contribution in [1.82, 2.24) is 0 Å². The van der Waals surface area contributed by atoms with Gasteiger partial charge in [0.15, 0.2) is 0 Å². The monoisotopic (exact) mass is 277 g/mol. The second-order valence-electron chi connectivity index (χ2n) is 3.95. The van der Waals surface area contributed by atoms with Crippen LogP contribution in [0.1, 0.15) is 15.9 Å². The third-order valence-electron chi connectivity index (χ3n) is 2.70. The number of hydrogen-bond acceptors (Lipinski definition) is 3. The Morgan fingerprint density at radius 2 is 1.89 bits per heavy atom. The third kappa shape index (κ3) is 2.98. The first-order chi connectivity index (χ1) is 9.09. The van der Waals surface area contributed by atoms with Crippen molar-refractivity contribution in [3.8, 4) is 5.75 Å². The van der Waals surface area contributed by atoms with Crippen LogP contribution in [-0.2, 0) is 6.54 Å². The smallest absolute Gasteiger partial charge is 0.337 e. The fourth-order valence-corrected chi connectivity index (χ4v) is 1.91. The van der Waals surface area contributed by atoms with Gasteiger partial charge in [-0.3, -0.25) is 0 Å².